The molecule has 0 aliphatic carbocycles. The lowest BCUT2D eigenvalue weighted by molar-refractivity contribution is -0.137. The van der Waals surface area contributed by atoms with Gasteiger partial charge in [-0.1, -0.05) is 42.1 Å². The monoisotopic (exact) mass is 262 g/mol. The van der Waals surface area contributed by atoms with Crippen LogP contribution in [0.2, 0.25) is 0 Å². The summed E-state index contributed by atoms with van der Waals surface area (Å²) in [5.74, 6) is 0.201. The van der Waals surface area contributed by atoms with Gasteiger partial charge in [-0.05, 0) is 0 Å². The van der Waals surface area contributed by atoms with Crippen LogP contribution in [0.5, 0.6) is 0 Å². The molecule has 1 unspecified atom stereocenters. The molecule has 0 fully saturated rings. The van der Waals surface area contributed by atoms with Crippen molar-refractivity contribution >= 4 is 17.7 Å². The van der Waals surface area contributed by atoms with Gasteiger partial charge in [0.05, 0.1) is 0 Å². The third-order valence-corrected chi connectivity index (χ3v) is 3.65. The number of nitrogens with one attached hydrogen (secondary N) is 1. The summed E-state index contributed by atoms with van der Waals surface area (Å²) >= 11 is 1.39. The minimum absolute atomic E-state index is 0.447. The first-order valence-electron chi connectivity index (χ1n) is 5.38. The number of carboxylic acids is 1. The number of carboxylic acid groups (broad SMARTS) is 1. The molecule has 0 saturated carbocycles. The summed E-state index contributed by atoms with van der Waals surface area (Å²) in [6.45, 7) is 0. The van der Waals surface area contributed by atoms with Crippen molar-refractivity contribution in [2.24, 2.45) is 0 Å². The number of fused-ring (bicyclic) bond motifs is 1. The van der Waals surface area contributed by atoms with Crippen LogP contribution in [0.4, 0.5) is 0 Å². The topological polar surface area (TPSA) is 80.0 Å². The van der Waals surface area contributed by atoms with Crippen molar-refractivity contribution in [1.82, 2.24) is 14.9 Å². The number of benzene rings is 1. The van der Waals surface area contributed by atoms with Gasteiger partial charge in [0.1, 0.15) is 6.04 Å². The number of aromatic nitrogens is 3. The van der Waals surface area contributed by atoms with E-state index < -0.39 is 12.0 Å². The summed E-state index contributed by atoms with van der Waals surface area (Å²) in [4.78, 5) is 11.0. The molecule has 3 rings (SSSR count). The summed E-state index contributed by atoms with van der Waals surface area (Å²) < 4.78 is 1.64. The van der Waals surface area contributed by atoms with E-state index >= 15 is 0 Å². The molecule has 2 N–H and O–H groups in total. The van der Waals surface area contributed by atoms with Gasteiger partial charge < -0.3 is 10.5 Å². The largest absolute Gasteiger partial charge is 0.480 e. The number of carbonyl (C=O) groups is 1. The van der Waals surface area contributed by atoms with Crippen LogP contribution in [-0.4, -0.2) is 37.7 Å². The van der Waals surface area contributed by atoms with Gasteiger partial charge >= 0.3 is 5.97 Å². The first-order valence-corrected chi connectivity index (χ1v) is 6.37. The number of thioether (sulfide) groups is 1. The van der Waals surface area contributed by atoms with Gasteiger partial charge in [0.15, 0.2) is 5.82 Å². The van der Waals surface area contributed by atoms with Crippen LogP contribution >= 0.6 is 11.8 Å². The van der Waals surface area contributed by atoms with E-state index in [4.69, 9.17) is 5.11 Å². The molecule has 1 aliphatic heterocycles. The Morgan fingerprint density at radius 1 is 1.39 bits per heavy atom. The molecular formula is C11H10N4O2S. The van der Waals surface area contributed by atoms with E-state index in [0.29, 0.717) is 16.7 Å². The summed E-state index contributed by atoms with van der Waals surface area (Å²) in [7, 11) is 0. The Kier molecular flexibility index (Phi) is 2.67. The molecule has 0 bridgehead atoms. The zero-order chi connectivity index (χ0) is 12.5. The molecule has 2 aromatic rings. The fourth-order valence-corrected chi connectivity index (χ4v) is 2.63. The Morgan fingerprint density at radius 2 is 2.17 bits per heavy atom. The average molecular weight is 262 g/mol. The molecule has 1 aliphatic rings. The Labute approximate surface area is 107 Å². The average Bonchev–Trinajstić information content (AvgIpc) is 2.82. The highest BCUT2D eigenvalue weighted by molar-refractivity contribution is 7.99. The van der Waals surface area contributed by atoms with Crippen LogP contribution in [0, 0.1) is 0 Å². The standard InChI is InChI=1S/C11H10N4O2S/c16-10(17)8-6-18-11-13-12-9(15(11)14-8)7-4-2-1-3-5-7/h1-5,8,14H,6H2,(H,16,17). The third kappa shape index (κ3) is 1.82. The van der Waals surface area contributed by atoms with Gasteiger partial charge in [-0.25, -0.2) is 9.47 Å². The predicted molar refractivity (Wildman–Crippen MR) is 67.0 cm³/mol. The molecule has 0 spiro atoms. The molecule has 6 nitrogen and oxygen atoms in total. The lowest BCUT2D eigenvalue weighted by Crippen LogP contribution is -2.40. The summed E-state index contributed by atoms with van der Waals surface area (Å²) in [5, 5.41) is 17.9. The second-order valence-electron chi connectivity index (χ2n) is 3.84. The van der Waals surface area contributed by atoms with Gasteiger partial charge in [0.2, 0.25) is 5.16 Å². The molecule has 18 heavy (non-hydrogen) atoms. The highest BCUT2D eigenvalue weighted by Gasteiger charge is 2.27. The maximum atomic E-state index is 11.0. The van der Waals surface area contributed by atoms with Crippen molar-refractivity contribution in [1.29, 1.82) is 0 Å². The van der Waals surface area contributed by atoms with Crippen LogP contribution in [0.25, 0.3) is 11.4 Å². The number of aliphatic carboxylic acids is 1. The molecule has 0 radical (unpaired) electrons. The summed E-state index contributed by atoms with van der Waals surface area (Å²) in [5.41, 5.74) is 3.81. The molecule has 0 amide bonds. The fourth-order valence-electron chi connectivity index (χ4n) is 1.73. The van der Waals surface area contributed by atoms with Crippen molar-refractivity contribution in [3.8, 4) is 11.4 Å². The first kappa shape index (κ1) is 11.1. The Morgan fingerprint density at radius 3 is 2.89 bits per heavy atom. The zero-order valence-corrected chi connectivity index (χ0v) is 10.1. The maximum absolute atomic E-state index is 11.0. The van der Waals surface area contributed by atoms with E-state index in [1.165, 1.54) is 11.8 Å². The molecular weight excluding hydrogens is 252 g/mol. The molecule has 2 heterocycles. The van der Waals surface area contributed by atoms with E-state index in [2.05, 4.69) is 15.6 Å². The Balaban J connectivity index is 2.00. The highest BCUT2D eigenvalue weighted by Crippen LogP contribution is 2.26. The predicted octanol–water partition coefficient (Wildman–Crippen LogP) is 1.05. The van der Waals surface area contributed by atoms with Crippen molar-refractivity contribution in [3.05, 3.63) is 30.3 Å². The second kappa shape index (κ2) is 4.34. The molecule has 0 saturated heterocycles. The molecule has 1 atom stereocenters. The van der Waals surface area contributed by atoms with Crippen LogP contribution < -0.4 is 5.43 Å². The van der Waals surface area contributed by atoms with Crippen LogP contribution in [0.3, 0.4) is 0 Å². The number of hydrogen-bond donors (Lipinski definition) is 2. The molecule has 92 valence electrons. The van der Waals surface area contributed by atoms with E-state index in [9.17, 15) is 4.79 Å². The minimum atomic E-state index is -0.874. The second-order valence-corrected chi connectivity index (χ2v) is 4.83. The van der Waals surface area contributed by atoms with Gasteiger partial charge in [-0.15, -0.1) is 10.2 Å². The molecule has 1 aromatic heterocycles. The van der Waals surface area contributed by atoms with Gasteiger partial charge in [0, 0.05) is 11.3 Å². The SMILES string of the molecule is O=C(O)C1CSc2nnc(-c3ccccc3)n2N1. The van der Waals surface area contributed by atoms with Crippen molar-refractivity contribution in [3.63, 3.8) is 0 Å². The zero-order valence-electron chi connectivity index (χ0n) is 9.28. The van der Waals surface area contributed by atoms with Crippen molar-refractivity contribution in [2.75, 3.05) is 11.2 Å². The van der Waals surface area contributed by atoms with Gasteiger partial charge in [-0.3, -0.25) is 0 Å². The van der Waals surface area contributed by atoms with E-state index in [0.717, 1.165) is 5.56 Å². The fraction of sp³-hybridized carbons (Fsp3) is 0.182. The van der Waals surface area contributed by atoms with Crippen LogP contribution in [0.1, 0.15) is 0 Å². The number of rotatable bonds is 2. The summed E-state index contributed by atoms with van der Waals surface area (Å²) in [6.07, 6.45) is 0. The minimum Gasteiger partial charge on any atom is -0.480 e. The number of nitrogens with zero attached hydrogens (tertiary/aromatic N) is 3. The van der Waals surface area contributed by atoms with Gasteiger partial charge in [0.25, 0.3) is 0 Å². The normalized spacial score (nSPS) is 17.9. The first-order chi connectivity index (χ1) is 8.75. The number of hydrogen-bond acceptors (Lipinski definition) is 5. The Hall–Kier alpha value is -2.02. The van der Waals surface area contributed by atoms with Crippen molar-refractivity contribution < 1.29 is 9.90 Å². The van der Waals surface area contributed by atoms with Crippen LogP contribution in [0.15, 0.2) is 35.5 Å². The van der Waals surface area contributed by atoms with Crippen LogP contribution in [-0.2, 0) is 4.79 Å². The molecule has 7 heteroatoms. The van der Waals surface area contributed by atoms with E-state index in [1.54, 1.807) is 4.68 Å². The summed E-state index contributed by atoms with van der Waals surface area (Å²) in [6, 6.07) is 8.92. The van der Waals surface area contributed by atoms with E-state index in [-0.39, 0.29) is 0 Å². The maximum Gasteiger partial charge on any atom is 0.328 e. The third-order valence-electron chi connectivity index (χ3n) is 2.63. The quantitative estimate of drug-likeness (QED) is 0.842. The smallest absolute Gasteiger partial charge is 0.328 e. The molecule has 1 aromatic carbocycles. The lowest BCUT2D eigenvalue weighted by atomic mass is 10.2. The van der Waals surface area contributed by atoms with Crippen molar-refractivity contribution in [2.45, 2.75) is 11.2 Å². The lowest BCUT2D eigenvalue weighted by Gasteiger charge is -2.22. The Bertz CT molecular complexity index is 584. The highest BCUT2D eigenvalue weighted by atomic mass is 32.2. The van der Waals surface area contributed by atoms with Gasteiger partial charge in [-0.2, -0.15) is 0 Å². The van der Waals surface area contributed by atoms with E-state index in [1.807, 2.05) is 30.3 Å².